The number of fused-ring (bicyclic) bond motifs is 1. The minimum atomic E-state index is 0.0134. The molecule has 1 atom stereocenters. The summed E-state index contributed by atoms with van der Waals surface area (Å²) in [6.45, 7) is 1.24. The first-order chi connectivity index (χ1) is 12.5. The molecule has 0 fully saturated rings. The number of hydrogen-bond acceptors (Lipinski definition) is 2. The van der Waals surface area contributed by atoms with E-state index in [1.54, 1.807) is 0 Å². The van der Waals surface area contributed by atoms with Gasteiger partial charge in [-0.15, -0.1) is 0 Å². The summed E-state index contributed by atoms with van der Waals surface area (Å²) < 4.78 is 0. The lowest BCUT2D eigenvalue weighted by Crippen LogP contribution is -3.08. The van der Waals surface area contributed by atoms with Crippen molar-refractivity contribution < 1.29 is 14.7 Å². The van der Waals surface area contributed by atoms with E-state index in [9.17, 15) is 4.79 Å². The summed E-state index contributed by atoms with van der Waals surface area (Å²) in [4.78, 5) is 19.1. The van der Waals surface area contributed by atoms with Gasteiger partial charge in [-0.1, -0.05) is 42.5 Å². The van der Waals surface area contributed by atoms with Gasteiger partial charge < -0.3 is 10.2 Å². The highest BCUT2D eigenvalue weighted by atomic mass is 16.2. The molecule has 0 radical (unpaired) electrons. The fourth-order valence-corrected chi connectivity index (χ4v) is 3.04. The number of pyridine rings is 1. The number of likely N-dealkylation sites (N-methyl/N-ethyl adjacent to an activating group) is 1. The summed E-state index contributed by atoms with van der Waals surface area (Å²) >= 11 is 0. The highest BCUT2D eigenvalue weighted by Crippen LogP contribution is 2.23. The standard InChI is InChI=1S/C21H24N4O/c1-24(2)20-13-19(17-11-7-8-12-18(17)22-20)23-21(26)15-25(3)14-16-9-5-4-6-10-16/h4-13H,14-15H2,1-3H3,(H,22,23,26)/p+2. The van der Waals surface area contributed by atoms with E-state index in [0.29, 0.717) is 6.54 Å². The summed E-state index contributed by atoms with van der Waals surface area (Å²) in [5.74, 6) is 0.962. The minimum Gasteiger partial charge on any atom is -0.326 e. The van der Waals surface area contributed by atoms with Gasteiger partial charge in [-0.3, -0.25) is 9.69 Å². The molecule has 0 bridgehead atoms. The molecule has 1 unspecified atom stereocenters. The molecule has 3 rings (SSSR count). The fourth-order valence-electron chi connectivity index (χ4n) is 3.04. The Bertz CT molecular complexity index is 893. The molecule has 0 saturated carbocycles. The molecule has 5 nitrogen and oxygen atoms in total. The van der Waals surface area contributed by atoms with Crippen molar-refractivity contribution in [2.45, 2.75) is 6.54 Å². The molecule has 0 aliphatic carbocycles. The van der Waals surface area contributed by atoms with Crippen LogP contribution in [0.2, 0.25) is 0 Å². The van der Waals surface area contributed by atoms with Crippen LogP contribution in [0.3, 0.4) is 0 Å². The Morgan fingerprint density at radius 1 is 1.08 bits per heavy atom. The molecule has 5 heteroatoms. The molecule has 2 aromatic carbocycles. The average molecular weight is 350 g/mol. The zero-order valence-corrected chi connectivity index (χ0v) is 15.5. The third-order valence-electron chi connectivity index (χ3n) is 4.33. The SMILES string of the molecule is CN(C)c1cc(NC(=O)C[NH+](C)Cc2ccccc2)c2ccccc2[nH+]1. The Morgan fingerprint density at radius 2 is 1.77 bits per heavy atom. The Morgan fingerprint density at radius 3 is 2.50 bits per heavy atom. The van der Waals surface area contributed by atoms with Crippen LogP contribution in [-0.2, 0) is 11.3 Å². The number of aromatic amines is 1. The molecule has 134 valence electrons. The first kappa shape index (κ1) is 17.9. The number of quaternary nitrogens is 1. The fraction of sp³-hybridized carbons (Fsp3) is 0.238. The number of H-pyrrole nitrogens is 1. The summed E-state index contributed by atoms with van der Waals surface area (Å²) in [6, 6.07) is 20.2. The van der Waals surface area contributed by atoms with Crippen molar-refractivity contribution >= 4 is 28.3 Å². The van der Waals surface area contributed by atoms with Crippen molar-refractivity contribution in [1.29, 1.82) is 0 Å². The number of nitrogens with one attached hydrogen (secondary N) is 3. The first-order valence-electron chi connectivity index (χ1n) is 8.80. The Balaban J connectivity index is 1.74. The second kappa shape index (κ2) is 7.97. The van der Waals surface area contributed by atoms with Gasteiger partial charge in [0.2, 0.25) is 0 Å². The number of rotatable bonds is 6. The lowest BCUT2D eigenvalue weighted by molar-refractivity contribution is -0.885. The molecule has 26 heavy (non-hydrogen) atoms. The number of para-hydroxylation sites is 1. The lowest BCUT2D eigenvalue weighted by Gasteiger charge is -2.15. The van der Waals surface area contributed by atoms with Gasteiger partial charge >= 0.3 is 0 Å². The van der Waals surface area contributed by atoms with Gasteiger partial charge in [-0.05, 0) is 12.1 Å². The maximum Gasteiger partial charge on any atom is 0.279 e. The monoisotopic (exact) mass is 350 g/mol. The maximum absolute atomic E-state index is 12.6. The third kappa shape index (κ3) is 4.37. The number of aromatic nitrogens is 1. The van der Waals surface area contributed by atoms with Crippen LogP contribution in [0.4, 0.5) is 11.5 Å². The van der Waals surface area contributed by atoms with Gasteiger partial charge in [0.15, 0.2) is 6.54 Å². The molecule has 1 heterocycles. The second-order valence-electron chi connectivity index (χ2n) is 6.85. The van der Waals surface area contributed by atoms with Crippen LogP contribution in [0.1, 0.15) is 5.56 Å². The van der Waals surface area contributed by atoms with E-state index in [4.69, 9.17) is 0 Å². The van der Waals surface area contributed by atoms with E-state index in [2.05, 4.69) is 22.4 Å². The van der Waals surface area contributed by atoms with E-state index < -0.39 is 0 Å². The van der Waals surface area contributed by atoms with E-state index in [1.165, 1.54) is 5.56 Å². The Kier molecular flexibility index (Phi) is 5.49. The second-order valence-corrected chi connectivity index (χ2v) is 6.85. The van der Waals surface area contributed by atoms with Crippen molar-refractivity contribution in [3.05, 3.63) is 66.2 Å². The van der Waals surface area contributed by atoms with Crippen LogP contribution in [0.5, 0.6) is 0 Å². The van der Waals surface area contributed by atoms with Crippen molar-refractivity contribution in [2.24, 2.45) is 0 Å². The molecular weight excluding hydrogens is 324 g/mol. The molecule has 0 saturated heterocycles. The zero-order chi connectivity index (χ0) is 18.5. The average Bonchev–Trinajstić information content (AvgIpc) is 2.62. The normalized spacial score (nSPS) is 12.0. The third-order valence-corrected chi connectivity index (χ3v) is 4.33. The van der Waals surface area contributed by atoms with Crippen LogP contribution in [-0.4, -0.2) is 33.6 Å². The van der Waals surface area contributed by atoms with Crippen LogP contribution < -0.4 is 20.1 Å². The minimum absolute atomic E-state index is 0.0134. The largest absolute Gasteiger partial charge is 0.326 e. The smallest absolute Gasteiger partial charge is 0.279 e. The molecule has 1 aromatic heterocycles. The molecule has 0 aliphatic rings. The lowest BCUT2D eigenvalue weighted by atomic mass is 10.1. The van der Waals surface area contributed by atoms with Crippen molar-refractivity contribution in [3.63, 3.8) is 0 Å². The Labute approximate surface area is 154 Å². The van der Waals surface area contributed by atoms with Crippen molar-refractivity contribution in [1.82, 2.24) is 0 Å². The summed E-state index contributed by atoms with van der Waals surface area (Å²) in [5, 5.41) is 4.10. The quantitative estimate of drug-likeness (QED) is 0.706. The van der Waals surface area contributed by atoms with Crippen LogP contribution in [0.15, 0.2) is 60.7 Å². The highest BCUT2D eigenvalue weighted by Gasteiger charge is 2.16. The van der Waals surface area contributed by atoms with E-state index in [-0.39, 0.29) is 5.91 Å². The maximum atomic E-state index is 12.6. The van der Waals surface area contributed by atoms with Gasteiger partial charge in [0.1, 0.15) is 12.1 Å². The number of carbonyl (C=O) groups is 1. The molecule has 3 N–H and O–H groups in total. The van der Waals surface area contributed by atoms with Gasteiger partial charge in [0, 0.05) is 10.9 Å². The van der Waals surface area contributed by atoms with E-state index in [0.717, 1.165) is 33.9 Å². The first-order valence-corrected chi connectivity index (χ1v) is 8.80. The van der Waals surface area contributed by atoms with Crippen LogP contribution in [0, 0.1) is 0 Å². The zero-order valence-electron chi connectivity index (χ0n) is 15.5. The molecule has 0 spiro atoms. The number of benzene rings is 2. The molecule has 3 aromatic rings. The van der Waals surface area contributed by atoms with E-state index >= 15 is 0 Å². The highest BCUT2D eigenvalue weighted by molar-refractivity contribution is 6.01. The topological polar surface area (TPSA) is 50.9 Å². The van der Waals surface area contributed by atoms with Crippen LogP contribution in [0.25, 0.3) is 10.9 Å². The molecule has 1 amide bonds. The summed E-state index contributed by atoms with van der Waals surface area (Å²) in [6.07, 6.45) is 0. The van der Waals surface area contributed by atoms with Crippen molar-refractivity contribution in [2.75, 3.05) is 37.9 Å². The summed E-state index contributed by atoms with van der Waals surface area (Å²) in [5.41, 5.74) is 3.06. The number of carbonyl (C=O) groups excluding carboxylic acids is 1. The number of anilines is 2. The van der Waals surface area contributed by atoms with E-state index in [1.807, 2.05) is 74.6 Å². The van der Waals surface area contributed by atoms with Gasteiger partial charge in [0.05, 0.1) is 32.9 Å². The van der Waals surface area contributed by atoms with Crippen molar-refractivity contribution in [3.8, 4) is 0 Å². The number of nitrogens with zero attached hydrogens (tertiary/aromatic N) is 1. The Hall–Kier alpha value is -2.92. The van der Waals surface area contributed by atoms with Crippen LogP contribution >= 0.6 is 0 Å². The number of amides is 1. The molecule has 0 aliphatic heterocycles. The predicted octanol–water partition coefficient (Wildman–Crippen LogP) is 1.37. The summed E-state index contributed by atoms with van der Waals surface area (Å²) in [7, 11) is 5.99. The number of hydrogen-bond donors (Lipinski definition) is 2. The predicted molar refractivity (Wildman–Crippen MR) is 105 cm³/mol. The molecular formula is C21H26N4O+2. The van der Waals surface area contributed by atoms with Gasteiger partial charge in [-0.2, -0.15) is 0 Å². The van der Waals surface area contributed by atoms with Gasteiger partial charge in [-0.25, -0.2) is 4.98 Å². The van der Waals surface area contributed by atoms with Gasteiger partial charge in [0.25, 0.3) is 11.7 Å².